The minimum Gasteiger partial charge on any atom is -0.493 e. The Morgan fingerprint density at radius 2 is 1.84 bits per heavy atom. The molecule has 2 heterocycles. The molecule has 0 radical (unpaired) electrons. The van der Waals surface area contributed by atoms with Crippen molar-refractivity contribution >= 4 is 11.7 Å². The van der Waals surface area contributed by atoms with Crippen molar-refractivity contribution in [2.45, 2.75) is 53.1 Å². The molecule has 2 aliphatic rings. The van der Waals surface area contributed by atoms with Crippen LogP contribution in [-0.4, -0.2) is 35.4 Å². The standard InChI is InChI=1S/C29H35N5O4/c1-17-11-18(2)27(19(3)12-17)32-26-15-23-22-14-25(38-16-20-5-6-20)24(37-4)13-21(22)7-9-33(23)29(36)34(26)10-8-31-28(30)35/h11-15,20H,5-10,16H2,1-4H3,(H3,30,31,35). The molecule has 3 aromatic rings. The van der Waals surface area contributed by atoms with Crippen LogP contribution in [0.15, 0.2) is 40.1 Å². The molecule has 38 heavy (non-hydrogen) atoms. The van der Waals surface area contributed by atoms with E-state index in [2.05, 4.69) is 24.4 Å². The number of ether oxygens (including phenoxy) is 2. The highest BCUT2D eigenvalue weighted by molar-refractivity contribution is 5.71. The van der Waals surface area contributed by atoms with E-state index >= 15 is 0 Å². The van der Waals surface area contributed by atoms with E-state index in [1.807, 2.05) is 32.0 Å². The maximum Gasteiger partial charge on any atom is 0.330 e. The number of rotatable bonds is 8. The Morgan fingerprint density at radius 1 is 1.11 bits per heavy atom. The number of aryl methyl sites for hydroxylation is 4. The van der Waals surface area contributed by atoms with Crippen LogP contribution in [0, 0.1) is 26.7 Å². The number of nitrogens with one attached hydrogen (secondary N) is 1. The molecule has 1 fully saturated rings. The van der Waals surface area contributed by atoms with Crippen LogP contribution in [0.25, 0.3) is 11.3 Å². The number of carbonyl (C=O) groups is 1. The van der Waals surface area contributed by atoms with Gasteiger partial charge < -0.3 is 20.5 Å². The zero-order valence-electron chi connectivity index (χ0n) is 22.5. The minimum atomic E-state index is -0.631. The molecule has 1 aromatic heterocycles. The van der Waals surface area contributed by atoms with Crippen molar-refractivity contribution in [3.63, 3.8) is 0 Å². The monoisotopic (exact) mass is 517 g/mol. The fourth-order valence-electron chi connectivity index (χ4n) is 5.17. The molecule has 1 saturated carbocycles. The Bertz CT molecular complexity index is 1510. The van der Waals surface area contributed by atoms with Crippen molar-refractivity contribution in [2.24, 2.45) is 16.6 Å². The summed E-state index contributed by atoms with van der Waals surface area (Å²) in [5, 5.41) is 2.58. The molecule has 0 unspecified atom stereocenters. The second-order valence-corrected chi connectivity index (χ2v) is 10.3. The number of amides is 2. The predicted molar refractivity (Wildman–Crippen MR) is 146 cm³/mol. The maximum absolute atomic E-state index is 13.8. The van der Waals surface area contributed by atoms with E-state index in [-0.39, 0.29) is 18.8 Å². The molecular weight excluding hydrogens is 482 g/mol. The van der Waals surface area contributed by atoms with Gasteiger partial charge in [-0.05, 0) is 74.8 Å². The van der Waals surface area contributed by atoms with E-state index in [0.717, 1.165) is 39.2 Å². The number of carbonyl (C=O) groups excluding carboxylic acids is 1. The van der Waals surface area contributed by atoms with Crippen molar-refractivity contribution < 1.29 is 14.3 Å². The van der Waals surface area contributed by atoms with E-state index in [9.17, 15) is 9.59 Å². The molecule has 200 valence electrons. The fraction of sp³-hybridized carbons (Fsp3) is 0.414. The van der Waals surface area contributed by atoms with Gasteiger partial charge in [-0.3, -0.25) is 9.13 Å². The summed E-state index contributed by atoms with van der Waals surface area (Å²) < 4.78 is 15.2. The Hall–Kier alpha value is -4.01. The molecule has 2 aromatic carbocycles. The van der Waals surface area contributed by atoms with Crippen LogP contribution in [0.1, 0.15) is 35.1 Å². The van der Waals surface area contributed by atoms with Crippen LogP contribution >= 0.6 is 0 Å². The summed E-state index contributed by atoms with van der Waals surface area (Å²) in [7, 11) is 1.65. The minimum absolute atomic E-state index is 0.183. The van der Waals surface area contributed by atoms with Crippen molar-refractivity contribution in [1.29, 1.82) is 0 Å². The molecule has 1 aliphatic carbocycles. The van der Waals surface area contributed by atoms with Crippen molar-refractivity contribution in [3.05, 3.63) is 68.6 Å². The average Bonchev–Trinajstić information content (AvgIpc) is 3.70. The van der Waals surface area contributed by atoms with Gasteiger partial charge in [-0.2, -0.15) is 0 Å². The number of nitrogens with zero attached hydrogens (tertiary/aromatic N) is 3. The highest BCUT2D eigenvalue weighted by Crippen LogP contribution is 2.39. The number of benzene rings is 2. The van der Waals surface area contributed by atoms with E-state index in [1.165, 1.54) is 12.8 Å². The summed E-state index contributed by atoms with van der Waals surface area (Å²) in [6.07, 6.45) is 3.07. The molecule has 0 atom stereocenters. The summed E-state index contributed by atoms with van der Waals surface area (Å²) in [6, 6.07) is 9.51. The number of methoxy groups -OCH3 is 1. The number of urea groups is 1. The van der Waals surface area contributed by atoms with Crippen molar-refractivity contribution in [1.82, 2.24) is 14.5 Å². The highest BCUT2D eigenvalue weighted by atomic mass is 16.5. The van der Waals surface area contributed by atoms with Gasteiger partial charge in [0.25, 0.3) is 0 Å². The number of hydrogen-bond donors (Lipinski definition) is 2. The number of hydrogen-bond acceptors (Lipinski definition) is 5. The van der Waals surface area contributed by atoms with Gasteiger partial charge in [0.05, 0.1) is 25.1 Å². The Kier molecular flexibility index (Phi) is 7.01. The summed E-state index contributed by atoms with van der Waals surface area (Å²) >= 11 is 0. The van der Waals surface area contributed by atoms with Gasteiger partial charge in [0, 0.05) is 31.3 Å². The lowest BCUT2D eigenvalue weighted by atomic mass is 9.97. The molecule has 9 heteroatoms. The van der Waals surface area contributed by atoms with Gasteiger partial charge >= 0.3 is 11.7 Å². The summed E-state index contributed by atoms with van der Waals surface area (Å²) in [4.78, 5) is 30.1. The van der Waals surface area contributed by atoms with E-state index in [0.29, 0.717) is 42.5 Å². The third-order valence-corrected chi connectivity index (χ3v) is 7.23. The zero-order valence-corrected chi connectivity index (χ0v) is 22.5. The van der Waals surface area contributed by atoms with E-state index < -0.39 is 6.03 Å². The second kappa shape index (κ2) is 10.4. The third kappa shape index (κ3) is 5.18. The van der Waals surface area contributed by atoms with Gasteiger partial charge in [0.2, 0.25) is 0 Å². The first-order valence-corrected chi connectivity index (χ1v) is 13.1. The smallest absolute Gasteiger partial charge is 0.330 e. The molecule has 2 amide bonds. The maximum atomic E-state index is 13.8. The van der Waals surface area contributed by atoms with Crippen molar-refractivity contribution in [2.75, 3.05) is 20.3 Å². The van der Waals surface area contributed by atoms with Crippen LogP contribution in [0.3, 0.4) is 0 Å². The second-order valence-electron chi connectivity index (χ2n) is 10.3. The van der Waals surface area contributed by atoms with Gasteiger partial charge in [-0.15, -0.1) is 0 Å². The molecule has 0 spiro atoms. The molecule has 3 N–H and O–H groups in total. The van der Waals surface area contributed by atoms with E-state index in [4.69, 9.17) is 20.2 Å². The van der Waals surface area contributed by atoms with Crippen LogP contribution in [0.5, 0.6) is 11.5 Å². The summed E-state index contributed by atoms with van der Waals surface area (Å²) in [5.74, 6) is 2.00. The normalized spacial score (nSPS) is 14.6. The predicted octanol–water partition coefficient (Wildman–Crippen LogP) is 3.50. The quantitative estimate of drug-likeness (QED) is 0.476. The zero-order chi connectivity index (χ0) is 27.0. The Morgan fingerprint density at radius 3 is 2.50 bits per heavy atom. The van der Waals surface area contributed by atoms with Crippen molar-refractivity contribution in [3.8, 4) is 22.8 Å². The molecule has 1 aliphatic heterocycles. The van der Waals surface area contributed by atoms with Gasteiger partial charge in [0.1, 0.15) is 5.49 Å². The highest BCUT2D eigenvalue weighted by Gasteiger charge is 2.25. The van der Waals surface area contributed by atoms with Crippen LogP contribution in [0.2, 0.25) is 0 Å². The third-order valence-electron chi connectivity index (χ3n) is 7.23. The largest absolute Gasteiger partial charge is 0.493 e. The van der Waals surface area contributed by atoms with E-state index in [1.54, 1.807) is 16.2 Å². The number of nitrogens with two attached hydrogens (primary N) is 1. The number of fused-ring (bicyclic) bond motifs is 3. The first kappa shape index (κ1) is 25.6. The molecule has 0 bridgehead atoms. The van der Waals surface area contributed by atoms with Gasteiger partial charge in [0.15, 0.2) is 11.5 Å². The lowest BCUT2D eigenvalue weighted by Crippen LogP contribution is -2.44. The summed E-state index contributed by atoms with van der Waals surface area (Å²) in [5.41, 5.74) is 12.5. The SMILES string of the molecule is COc1cc2c(cc1OCC1CC1)-c1cc(=Nc3c(C)cc(C)cc3C)n(CCNC(N)=O)c(=O)n1CC2. The van der Waals surface area contributed by atoms with Crippen LogP contribution in [-0.2, 0) is 19.5 Å². The first-order valence-electron chi connectivity index (χ1n) is 13.1. The van der Waals surface area contributed by atoms with Gasteiger partial charge in [-0.25, -0.2) is 14.6 Å². The van der Waals surface area contributed by atoms with Gasteiger partial charge in [-0.1, -0.05) is 17.7 Å². The lowest BCUT2D eigenvalue weighted by Gasteiger charge is -2.25. The molecule has 5 rings (SSSR count). The first-order chi connectivity index (χ1) is 18.2. The topological polar surface area (TPSA) is 113 Å². The lowest BCUT2D eigenvalue weighted by molar-refractivity contribution is 0.248. The fourth-order valence-corrected chi connectivity index (χ4v) is 5.17. The molecular formula is C29H35N5O4. The molecule has 0 saturated heterocycles. The van der Waals surface area contributed by atoms with Crippen LogP contribution in [0.4, 0.5) is 10.5 Å². The van der Waals surface area contributed by atoms with Crippen LogP contribution < -0.4 is 31.7 Å². The average molecular weight is 518 g/mol. The molecule has 9 nitrogen and oxygen atoms in total. The number of primary amides is 1. The Labute approximate surface area is 221 Å². The number of aromatic nitrogens is 2. The summed E-state index contributed by atoms with van der Waals surface area (Å²) in [6.45, 7) is 7.75. The Balaban J connectivity index is 1.68.